The van der Waals surface area contributed by atoms with Crippen molar-refractivity contribution in [1.82, 2.24) is 5.32 Å². The molecule has 5 nitrogen and oxygen atoms in total. The van der Waals surface area contributed by atoms with E-state index < -0.39 is 5.97 Å². The smallest absolute Gasteiger partial charge is 0.335 e. The van der Waals surface area contributed by atoms with E-state index in [1.807, 2.05) is 20.8 Å². The zero-order chi connectivity index (χ0) is 15.3. The monoisotopic (exact) mass is 342 g/mol. The van der Waals surface area contributed by atoms with Crippen molar-refractivity contribution in [2.75, 3.05) is 5.32 Å². The number of carbonyl (C=O) groups excluding carboxylic acids is 1. The highest BCUT2D eigenvalue weighted by atomic mass is 79.9. The lowest BCUT2D eigenvalue weighted by Gasteiger charge is -2.28. The molecular formula is C14H19BrN2O3. The number of anilines is 1. The summed E-state index contributed by atoms with van der Waals surface area (Å²) in [6.45, 7) is 5.98. The number of aromatic carboxylic acids is 1. The van der Waals surface area contributed by atoms with Gasteiger partial charge >= 0.3 is 12.0 Å². The first kappa shape index (κ1) is 16.5. The third kappa shape index (κ3) is 4.23. The second kappa shape index (κ2) is 6.74. The minimum absolute atomic E-state index is 0.122. The molecular weight excluding hydrogens is 324 g/mol. The number of carboxylic acid groups (broad SMARTS) is 1. The van der Waals surface area contributed by atoms with E-state index >= 15 is 0 Å². The number of halogens is 1. The topological polar surface area (TPSA) is 78.4 Å². The van der Waals surface area contributed by atoms with Gasteiger partial charge in [0.05, 0.1) is 11.3 Å². The molecule has 3 N–H and O–H groups in total. The van der Waals surface area contributed by atoms with Crippen molar-refractivity contribution in [3.63, 3.8) is 0 Å². The van der Waals surface area contributed by atoms with Crippen LogP contribution in [0.2, 0.25) is 0 Å². The standard InChI is InChI=1S/C14H19BrN2O3/c1-4-14(3,5-2)17-13(20)16-11-8-9(12(18)19)6-7-10(11)15/h6-8H,4-5H2,1-3H3,(H,18,19)(H2,16,17,20). The van der Waals surface area contributed by atoms with Gasteiger partial charge in [0.1, 0.15) is 0 Å². The average molecular weight is 343 g/mol. The van der Waals surface area contributed by atoms with Gasteiger partial charge < -0.3 is 15.7 Å². The van der Waals surface area contributed by atoms with E-state index in [0.29, 0.717) is 10.2 Å². The Morgan fingerprint density at radius 1 is 1.30 bits per heavy atom. The summed E-state index contributed by atoms with van der Waals surface area (Å²) < 4.78 is 0.632. The maximum Gasteiger partial charge on any atom is 0.335 e. The van der Waals surface area contributed by atoms with Crippen molar-refractivity contribution >= 4 is 33.6 Å². The Bertz CT molecular complexity index is 513. The second-order valence-corrected chi connectivity index (χ2v) is 5.70. The quantitative estimate of drug-likeness (QED) is 0.760. The van der Waals surface area contributed by atoms with Crippen LogP contribution in [0.5, 0.6) is 0 Å². The number of hydrogen-bond acceptors (Lipinski definition) is 2. The van der Waals surface area contributed by atoms with Gasteiger partial charge in [0.25, 0.3) is 0 Å². The Labute approximate surface area is 126 Å². The number of urea groups is 1. The zero-order valence-corrected chi connectivity index (χ0v) is 13.4. The van der Waals surface area contributed by atoms with E-state index in [2.05, 4.69) is 26.6 Å². The van der Waals surface area contributed by atoms with Gasteiger partial charge in [-0.2, -0.15) is 0 Å². The van der Waals surface area contributed by atoms with Gasteiger partial charge in [-0.15, -0.1) is 0 Å². The van der Waals surface area contributed by atoms with Gasteiger partial charge in [-0.05, 0) is 53.9 Å². The molecule has 6 heteroatoms. The van der Waals surface area contributed by atoms with Crippen LogP contribution in [-0.4, -0.2) is 22.6 Å². The Morgan fingerprint density at radius 2 is 1.90 bits per heavy atom. The number of amides is 2. The fraction of sp³-hybridized carbons (Fsp3) is 0.429. The highest BCUT2D eigenvalue weighted by Gasteiger charge is 2.22. The SMILES string of the molecule is CCC(C)(CC)NC(=O)Nc1cc(C(=O)O)ccc1Br. The van der Waals surface area contributed by atoms with Crippen LogP contribution in [0.15, 0.2) is 22.7 Å². The maximum absolute atomic E-state index is 12.0. The minimum atomic E-state index is -1.03. The molecule has 0 bridgehead atoms. The van der Waals surface area contributed by atoms with Crippen molar-refractivity contribution in [3.05, 3.63) is 28.2 Å². The number of nitrogens with one attached hydrogen (secondary N) is 2. The summed E-state index contributed by atoms with van der Waals surface area (Å²) in [6.07, 6.45) is 1.63. The number of hydrogen-bond donors (Lipinski definition) is 3. The van der Waals surface area contributed by atoms with Crippen LogP contribution in [0, 0.1) is 0 Å². The number of carboxylic acids is 1. The lowest BCUT2D eigenvalue weighted by molar-refractivity contribution is 0.0697. The molecule has 2 amide bonds. The van der Waals surface area contributed by atoms with Gasteiger partial charge in [0, 0.05) is 10.0 Å². The summed E-state index contributed by atoms with van der Waals surface area (Å²) in [5.74, 6) is -1.03. The molecule has 0 aliphatic carbocycles. The van der Waals surface area contributed by atoms with Crippen LogP contribution in [-0.2, 0) is 0 Å². The molecule has 1 aromatic rings. The van der Waals surface area contributed by atoms with Crippen LogP contribution < -0.4 is 10.6 Å². The molecule has 110 valence electrons. The minimum Gasteiger partial charge on any atom is -0.478 e. The van der Waals surface area contributed by atoms with Crippen LogP contribution in [0.1, 0.15) is 44.0 Å². The molecule has 0 aromatic heterocycles. The summed E-state index contributed by atoms with van der Waals surface area (Å²) in [5.41, 5.74) is 0.273. The maximum atomic E-state index is 12.0. The first-order valence-electron chi connectivity index (χ1n) is 6.43. The molecule has 0 atom stereocenters. The summed E-state index contributed by atoms with van der Waals surface area (Å²) in [5, 5.41) is 14.5. The van der Waals surface area contributed by atoms with Crippen molar-refractivity contribution in [2.24, 2.45) is 0 Å². The van der Waals surface area contributed by atoms with E-state index in [4.69, 9.17) is 5.11 Å². The molecule has 0 fully saturated rings. The second-order valence-electron chi connectivity index (χ2n) is 4.85. The van der Waals surface area contributed by atoms with Crippen molar-refractivity contribution in [3.8, 4) is 0 Å². The molecule has 0 unspecified atom stereocenters. The molecule has 20 heavy (non-hydrogen) atoms. The molecule has 1 rings (SSSR count). The molecule has 0 radical (unpaired) electrons. The normalized spacial score (nSPS) is 11.0. The van der Waals surface area contributed by atoms with E-state index in [-0.39, 0.29) is 17.1 Å². The Balaban J connectivity index is 2.85. The van der Waals surface area contributed by atoms with Crippen LogP contribution in [0.4, 0.5) is 10.5 Å². The largest absolute Gasteiger partial charge is 0.478 e. The highest BCUT2D eigenvalue weighted by Crippen LogP contribution is 2.24. The fourth-order valence-corrected chi connectivity index (χ4v) is 1.95. The van der Waals surface area contributed by atoms with Crippen LogP contribution in [0.3, 0.4) is 0 Å². The van der Waals surface area contributed by atoms with E-state index in [0.717, 1.165) is 12.8 Å². The lowest BCUT2D eigenvalue weighted by Crippen LogP contribution is -2.47. The lowest BCUT2D eigenvalue weighted by atomic mass is 9.96. The predicted molar refractivity (Wildman–Crippen MR) is 82.2 cm³/mol. The molecule has 0 aliphatic heterocycles. The molecule has 0 saturated heterocycles. The van der Waals surface area contributed by atoms with E-state index in [1.165, 1.54) is 12.1 Å². The summed E-state index contributed by atoms with van der Waals surface area (Å²) >= 11 is 3.29. The zero-order valence-electron chi connectivity index (χ0n) is 11.8. The van der Waals surface area contributed by atoms with Gasteiger partial charge in [-0.3, -0.25) is 0 Å². The van der Waals surface area contributed by atoms with Crippen LogP contribution in [0.25, 0.3) is 0 Å². The Kier molecular flexibility index (Phi) is 5.56. The number of benzene rings is 1. The van der Waals surface area contributed by atoms with E-state index in [1.54, 1.807) is 6.07 Å². The Hall–Kier alpha value is -1.56. The van der Waals surface area contributed by atoms with Gasteiger partial charge in [0.2, 0.25) is 0 Å². The summed E-state index contributed by atoms with van der Waals surface area (Å²) in [6, 6.07) is 4.14. The van der Waals surface area contributed by atoms with Crippen molar-refractivity contribution < 1.29 is 14.7 Å². The number of rotatable bonds is 5. The molecule has 0 spiro atoms. The fourth-order valence-electron chi connectivity index (χ4n) is 1.61. The average Bonchev–Trinajstić information content (AvgIpc) is 2.40. The number of carbonyl (C=O) groups is 2. The first-order valence-corrected chi connectivity index (χ1v) is 7.22. The van der Waals surface area contributed by atoms with Gasteiger partial charge in [-0.1, -0.05) is 13.8 Å². The first-order chi connectivity index (χ1) is 9.31. The molecule has 0 heterocycles. The molecule has 1 aromatic carbocycles. The van der Waals surface area contributed by atoms with Crippen molar-refractivity contribution in [1.29, 1.82) is 0 Å². The van der Waals surface area contributed by atoms with E-state index in [9.17, 15) is 9.59 Å². The van der Waals surface area contributed by atoms with Gasteiger partial charge in [0.15, 0.2) is 0 Å². The summed E-state index contributed by atoms with van der Waals surface area (Å²) in [7, 11) is 0. The predicted octanol–water partition coefficient (Wildman–Crippen LogP) is 3.85. The molecule has 0 saturated carbocycles. The molecule has 0 aliphatic rings. The highest BCUT2D eigenvalue weighted by molar-refractivity contribution is 9.10. The van der Waals surface area contributed by atoms with Gasteiger partial charge in [-0.25, -0.2) is 9.59 Å². The van der Waals surface area contributed by atoms with Crippen LogP contribution >= 0.6 is 15.9 Å². The third-order valence-electron chi connectivity index (χ3n) is 3.44. The Morgan fingerprint density at radius 3 is 2.40 bits per heavy atom. The van der Waals surface area contributed by atoms with Crippen molar-refractivity contribution in [2.45, 2.75) is 39.2 Å². The third-order valence-corrected chi connectivity index (χ3v) is 4.13. The summed E-state index contributed by atoms with van der Waals surface area (Å²) in [4.78, 5) is 22.9.